The number of carbonyl (C=O) groups excluding carboxylic acids is 1. The van der Waals surface area contributed by atoms with Crippen LogP contribution in [0.1, 0.15) is 83.1 Å². The molecule has 1 saturated heterocycles. The molecule has 9 nitrogen and oxygen atoms in total. The fraction of sp³-hybridized carbons (Fsp3) is 0.800. The van der Waals surface area contributed by atoms with Gasteiger partial charge in [-0.05, 0) is 100 Å². The highest BCUT2D eigenvalue weighted by molar-refractivity contribution is 5.62. The second-order valence-corrected chi connectivity index (χ2v) is 13.3. The van der Waals surface area contributed by atoms with Crippen molar-refractivity contribution in [1.82, 2.24) is 0 Å². The topological polar surface area (TPSA) is 147 Å². The largest absolute Gasteiger partial charge is 0.431 e. The Labute approximate surface area is 228 Å². The minimum Gasteiger partial charge on any atom is -0.431 e. The molecule has 0 bridgehead atoms. The molecule has 1 aromatic rings. The fourth-order valence-electron chi connectivity index (χ4n) is 9.65. The summed E-state index contributed by atoms with van der Waals surface area (Å²) in [5, 5.41) is 43.0. The lowest BCUT2D eigenvalue weighted by molar-refractivity contribution is -0.309. The van der Waals surface area contributed by atoms with E-state index in [1.54, 1.807) is 13.2 Å². The third-order valence-corrected chi connectivity index (χ3v) is 11.8. The van der Waals surface area contributed by atoms with Crippen molar-refractivity contribution < 1.29 is 39.1 Å². The summed E-state index contributed by atoms with van der Waals surface area (Å²) >= 11 is 0. The highest BCUT2D eigenvalue weighted by atomic mass is 16.7. The van der Waals surface area contributed by atoms with Gasteiger partial charge in [0.15, 0.2) is 6.29 Å². The molecule has 0 radical (unpaired) electrons. The Bertz CT molecular complexity index is 1120. The monoisotopic (exact) mass is 546 g/mol. The molecule has 9 heteroatoms. The lowest BCUT2D eigenvalue weighted by Crippen LogP contribution is -2.63. The number of ether oxygens (including phenoxy) is 2. The van der Waals surface area contributed by atoms with E-state index in [1.165, 1.54) is 12.4 Å². The van der Waals surface area contributed by atoms with Crippen LogP contribution in [0.4, 0.5) is 0 Å². The van der Waals surface area contributed by atoms with Gasteiger partial charge < -0.3 is 39.1 Å². The van der Waals surface area contributed by atoms with E-state index < -0.39 is 41.7 Å². The maximum atomic E-state index is 12.9. The number of hydrogen-bond donors (Lipinski definition) is 4. The van der Waals surface area contributed by atoms with Gasteiger partial charge in [0.25, 0.3) is 0 Å². The summed E-state index contributed by atoms with van der Waals surface area (Å²) < 4.78 is 17.0. The Kier molecular flexibility index (Phi) is 6.88. The normalized spacial score (nSPS) is 51.4. The molecule has 0 spiro atoms. The summed E-state index contributed by atoms with van der Waals surface area (Å²) in [6.07, 6.45) is 3.67. The van der Waals surface area contributed by atoms with Crippen LogP contribution in [0.15, 0.2) is 27.6 Å². The zero-order chi connectivity index (χ0) is 27.7. The molecule has 4 aliphatic carbocycles. The van der Waals surface area contributed by atoms with E-state index in [4.69, 9.17) is 13.9 Å². The molecule has 5 aliphatic rings. The number of hydrogen-bond acceptors (Lipinski definition) is 9. The second-order valence-electron chi connectivity index (χ2n) is 13.3. The molecular weight excluding hydrogens is 504 g/mol. The average molecular weight is 547 g/mol. The number of aliphatic hydroxyl groups is 4. The number of carbonyl (C=O) groups is 1. The van der Waals surface area contributed by atoms with Crippen molar-refractivity contribution in [3.8, 4) is 0 Å². The molecule has 13 atom stereocenters. The van der Waals surface area contributed by atoms with Crippen LogP contribution in [0.5, 0.6) is 0 Å². The lowest BCUT2D eigenvalue weighted by atomic mass is 9.43. The van der Waals surface area contributed by atoms with E-state index >= 15 is 0 Å². The molecule has 2 heterocycles. The Morgan fingerprint density at radius 2 is 1.77 bits per heavy atom. The Morgan fingerprint density at radius 1 is 0.974 bits per heavy atom. The van der Waals surface area contributed by atoms with Crippen molar-refractivity contribution in [3.05, 3.63) is 34.4 Å². The van der Waals surface area contributed by atoms with E-state index in [1.807, 2.05) is 6.07 Å². The maximum Gasteiger partial charge on any atom is 0.335 e. The lowest BCUT2D eigenvalue weighted by Gasteiger charge is -2.63. The van der Waals surface area contributed by atoms with Gasteiger partial charge in [-0.3, -0.25) is 0 Å². The van der Waals surface area contributed by atoms with E-state index in [9.17, 15) is 30.0 Å². The quantitative estimate of drug-likeness (QED) is 0.330. The molecule has 216 valence electrons. The van der Waals surface area contributed by atoms with Gasteiger partial charge in [0, 0.05) is 16.9 Å². The first kappa shape index (κ1) is 27.5. The Hall–Kier alpha value is -1.62. The number of aliphatic hydroxyl groups excluding tert-OH is 3. The summed E-state index contributed by atoms with van der Waals surface area (Å²) in [5.41, 5.74) is -1.19. The minimum absolute atomic E-state index is 0.0249. The zero-order valence-corrected chi connectivity index (χ0v) is 22.8. The fourth-order valence-corrected chi connectivity index (χ4v) is 9.65. The van der Waals surface area contributed by atoms with Gasteiger partial charge in [-0.25, -0.2) is 4.79 Å². The van der Waals surface area contributed by atoms with Gasteiger partial charge in [-0.2, -0.15) is 0 Å². The third kappa shape index (κ3) is 4.02. The molecular formula is C30H42O9. The van der Waals surface area contributed by atoms with Gasteiger partial charge in [-0.15, -0.1) is 0 Å². The minimum atomic E-state index is -1.34. The number of rotatable bonds is 4. The highest BCUT2D eigenvalue weighted by Crippen LogP contribution is 2.70. The molecule has 5 fully saturated rings. The molecule has 4 N–H and O–H groups in total. The number of fused-ring (bicyclic) bond motifs is 5. The molecule has 4 saturated carbocycles. The second kappa shape index (κ2) is 9.74. The third-order valence-electron chi connectivity index (χ3n) is 11.8. The summed E-state index contributed by atoms with van der Waals surface area (Å²) in [6.45, 7) is 3.82. The van der Waals surface area contributed by atoms with E-state index in [2.05, 4.69) is 6.92 Å². The number of aldehydes is 1. The van der Waals surface area contributed by atoms with Gasteiger partial charge in [-0.1, -0.05) is 6.92 Å². The van der Waals surface area contributed by atoms with Crippen LogP contribution in [-0.4, -0.2) is 69.1 Å². The molecule has 39 heavy (non-hydrogen) atoms. The predicted molar refractivity (Wildman–Crippen MR) is 139 cm³/mol. The van der Waals surface area contributed by atoms with Crippen molar-refractivity contribution in [2.75, 3.05) is 0 Å². The summed E-state index contributed by atoms with van der Waals surface area (Å²) in [7, 11) is 0. The van der Waals surface area contributed by atoms with Crippen molar-refractivity contribution in [2.45, 2.75) is 120 Å². The van der Waals surface area contributed by atoms with Crippen molar-refractivity contribution >= 4 is 6.29 Å². The van der Waals surface area contributed by atoms with Gasteiger partial charge >= 0.3 is 5.63 Å². The van der Waals surface area contributed by atoms with Gasteiger partial charge in [0.1, 0.15) is 24.6 Å². The molecule has 0 aromatic carbocycles. The van der Waals surface area contributed by atoms with Crippen molar-refractivity contribution in [3.63, 3.8) is 0 Å². The standard InChI is InChI=1S/C30H42O9/c1-16-24(33)25(34)26(35)27(38-16)39-19-7-11-29(15-31)18(13-19)4-5-22-21(29)8-10-28(2)20(9-12-30(22,28)36)17-3-6-23(32)37-14-17/h3,6,14-16,18-22,24-27,33-36H,4-5,7-13H2,1-2H3/t16-,18-,19-,20+,21-,22+,24-,25+,26+,27-,28+,29+,30-/m0/s1. The van der Waals surface area contributed by atoms with Crippen molar-refractivity contribution in [2.24, 2.45) is 28.6 Å². The van der Waals surface area contributed by atoms with Crippen LogP contribution >= 0.6 is 0 Å². The molecule has 0 unspecified atom stereocenters. The first-order valence-electron chi connectivity index (χ1n) is 14.7. The summed E-state index contributed by atoms with van der Waals surface area (Å²) in [6, 6.07) is 3.29. The zero-order valence-electron chi connectivity index (χ0n) is 22.8. The van der Waals surface area contributed by atoms with Crippen molar-refractivity contribution in [1.29, 1.82) is 0 Å². The van der Waals surface area contributed by atoms with Gasteiger partial charge in [0.05, 0.1) is 24.1 Å². The summed E-state index contributed by atoms with van der Waals surface area (Å²) in [5.74, 6) is 0.322. The van der Waals surface area contributed by atoms with E-state index in [0.717, 1.165) is 37.7 Å². The first-order valence-corrected chi connectivity index (χ1v) is 14.7. The van der Waals surface area contributed by atoms with Crippen LogP contribution in [0.3, 0.4) is 0 Å². The van der Waals surface area contributed by atoms with E-state index in [0.29, 0.717) is 25.7 Å². The Balaban J connectivity index is 1.20. The smallest absolute Gasteiger partial charge is 0.335 e. The average Bonchev–Trinajstić information content (AvgIpc) is 3.21. The molecule has 1 aliphatic heterocycles. The Morgan fingerprint density at radius 3 is 2.49 bits per heavy atom. The molecule has 1 aromatic heterocycles. The predicted octanol–water partition coefficient (Wildman–Crippen LogP) is 2.27. The van der Waals surface area contributed by atoms with E-state index in [-0.39, 0.29) is 40.8 Å². The van der Waals surface area contributed by atoms with Crippen LogP contribution in [0.2, 0.25) is 0 Å². The maximum absolute atomic E-state index is 12.9. The van der Waals surface area contributed by atoms with Crippen LogP contribution in [0, 0.1) is 28.6 Å². The SMILES string of the molecule is C[C@@H]1O[C@@H](O[C@H]2CC[C@@]3(C=O)[C@@H](CC[C@@H]4[C@@H]3CC[C@]3(C)[C@@H](c5ccc(=O)oc5)CC[C@]43O)C2)[C@H](O)[C@H](O)[C@H]1O. The highest BCUT2D eigenvalue weighted by Gasteiger charge is 2.68. The summed E-state index contributed by atoms with van der Waals surface area (Å²) in [4.78, 5) is 24.5. The first-order chi connectivity index (χ1) is 18.5. The molecule has 6 rings (SSSR count). The molecule has 0 amide bonds. The van der Waals surface area contributed by atoms with Crippen LogP contribution < -0.4 is 5.63 Å². The van der Waals surface area contributed by atoms with Crippen LogP contribution in [0.25, 0.3) is 0 Å². The van der Waals surface area contributed by atoms with Crippen LogP contribution in [-0.2, 0) is 14.3 Å². The van der Waals surface area contributed by atoms with Gasteiger partial charge in [0.2, 0.25) is 0 Å².